The molecular formula is C14H10BrFN2O3. The molecule has 0 fully saturated rings. The highest BCUT2D eigenvalue weighted by molar-refractivity contribution is 9.10. The van der Waals surface area contributed by atoms with Crippen LogP contribution in [0.1, 0.15) is 15.9 Å². The molecule has 0 aliphatic carbocycles. The number of nitro benzene ring substituents is 1. The van der Waals surface area contributed by atoms with Gasteiger partial charge in [0.2, 0.25) is 0 Å². The van der Waals surface area contributed by atoms with E-state index in [2.05, 4.69) is 21.2 Å². The van der Waals surface area contributed by atoms with E-state index < -0.39 is 22.3 Å². The summed E-state index contributed by atoms with van der Waals surface area (Å²) in [7, 11) is 0. The van der Waals surface area contributed by atoms with Crippen LogP contribution in [0.4, 0.5) is 10.1 Å². The van der Waals surface area contributed by atoms with Crippen LogP contribution in [0, 0.1) is 15.9 Å². The fourth-order valence-electron chi connectivity index (χ4n) is 1.70. The fourth-order valence-corrected chi connectivity index (χ4v) is 1.96. The molecule has 0 saturated carbocycles. The Bertz CT molecular complexity index is 689. The molecule has 0 heterocycles. The second kappa shape index (κ2) is 6.45. The van der Waals surface area contributed by atoms with Gasteiger partial charge in [-0.15, -0.1) is 0 Å². The second-order valence-corrected chi connectivity index (χ2v) is 5.18. The van der Waals surface area contributed by atoms with Crippen molar-refractivity contribution in [2.45, 2.75) is 6.54 Å². The summed E-state index contributed by atoms with van der Waals surface area (Å²) < 4.78 is 14.2. The molecule has 0 bridgehead atoms. The number of rotatable bonds is 4. The van der Waals surface area contributed by atoms with Crippen molar-refractivity contribution in [3.8, 4) is 0 Å². The van der Waals surface area contributed by atoms with Crippen molar-refractivity contribution in [3.05, 3.63) is 74.0 Å². The molecule has 2 rings (SSSR count). The highest BCUT2D eigenvalue weighted by atomic mass is 79.9. The summed E-state index contributed by atoms with van der Waals surface area (Å²) >= 11 is 3.30. The predicted octanol–water partition coefficient (Wildman–Crippen LogP) is 3.43. The minimum Gasteiger partial charge on any atom is -0.348 e. The number of carbonyl (C=O) groups excluding carboxylic acids is 1. The first-order valence-corrected chi connectivity index (χ1v) is 6.72. The minimum atomic E-state index is -0.821. The van der Waals surface area contributed by atoms with Gasteiger partial charge >= 0.3 is 0 Å². The molecule has 1 amide bonds. The van der Waals surface area contributed by atoms with Crippen molar-refractivity contribution in [2.24, 2.45) is 0 Å². The highest BCUT2D eigenvalue weighted by Gasteiger charge is 2.14. The molecule has 2 aromatic carbocycles. The molecule has 0 aliphatic heterocycles. The number of nitro groups is 1. The Hall–Kier alpha value is -2.28. The maximum atomic E-state index is 13.3. The summed E-state index contributed by atoms with van der Waals surface area (Å²) in [6.07, 6.45) is 0. The zero-order valence-corrected chi connectivity index (χ0v) is 12.3. The number of amides is 1. The average Bonchev–Trinajstić information content (AvgIpc) is 2.45. The molecule has 0 saturated heterocycles. The maximum Gasteiger partial charge on any atom is 0.273 e. The lowest BCUT2D eigenvalue weighted by molar-refractivity contribution is -0.385. The SMILES string of the molecule is O=C(NCc1ccc(Br)cc1)c1cc(F)cc([N+](=O)[O-])c1. The van der Waals surface area contributed by atoms with Crippen LogP contribution in [-0.4, -0.2) is 10.8 Å². The molecular weight excluding hydrogens is 343 g/mol. The van der Waals surface area contributed by atoms with E-state index in [1.807, 2.05) is 24.3 Å². The third kappa shape index (κ3) is 4.09. The van der Waals surface area contributed by atoms with E-state index in [1.165, 1.54) is 0 Å². The molecule has 0 unspecified atom stereocenters. The largest absolute Gasteiger partial charge is 0.348 e. The number of non-ortho nitro benzene ring substituents is 1. The van der Waals surface area contributed by atoms with Crippen LogP contribution in [0.3, 0.4) is 0 Å². The van der Waals surface area contributed by atoms with E-state index in [0.29, 0.717) is 0 Å². The number of hydrogen-bond acceptors (Lipinski definition) is 3. The van der Waals surface area contributed by atoms with Gasteiger partial charge in [-0.3, -0.25) is 14.9 Å². The van der Waals surface area contributed by atoms with Gasteiger partial charge in [0, 0.05) is 22.6 Å². The Morgan fingerprint density at radius 3 is 2.52 bits per heavy atom. The molecule has 0 atom stereocenters. The van der Waals surface area contributed by atoms with Crippen LogP contribution in [-0.2, 0) is 6.54 Å². The van der Waals surface area contributed by atoms with Crippen molar-refractivity contribution in [3.63, 3.8) is 0 Å². The Morgan fingerprint density at radius 1 is 1.24 bits per heavy atom. The summed E-state index contributed by atoms with van der Waals surface area (Å²) in [5.41, 5.74) is 0.319. The van der Waals surface area contributed by atoms with E-state index in [9.17, 15) is 19.3 Å². The third-order valence-corrected chi connectivity index (χ3v) is 3.25. The minimum absolute atomic E-state index is 0.0844. The Kier molecular flexibility index (Phi) is 4.64. The molecule has 0 spiro atoms. The van der Waals surface area contributed by atoms with Gasteiger partial charge in [-0.1, -0.05) is 28.1 Å². The Labute approximate surface area is 128 Å². The van der Waals surface area contributed by atoms with Crippen molar-refractivity contribution in [1.82, 2.24) is 5.32 Å². The van der Waals surface area contributed by atoms with Gasteiger partial charge in [0.1, 0.15) is 5.82 Å². The van der Waals surface area contributed by atoms with Crippen LogP contribution in [0.5, 0.6) is 0 Å². The van der Waals surface area contributed by atoms with Gasteiger partial charge < -0.3 is 5.32 Å². The lowest BCUT2D eigenvalue weighted by Crippen LogP contribution is -2.23. The molecule has 1 N–H and O–H groups in total. The predicted molar refractivity (Wildman–Crippen MR) is 78.4 cm³/mol. The van der Waals surface area contributed by atoms with E-state index in [1.54, 1.807) is 0 Å². The molecule has 2 aromatic rings. The Balaban J connectivity index is 2.09. The smallest absolute Gasteiger partial charge is 0.273 e. The lowest BCUT2D eigenvalue weighted by Gasteiger charge is -2.06. The van der Waals surface area contributed by atoms with Gasteiger partial charge in [-0.2, -0.15) is 0 Å². The van der Waals surface area contributed by atoms with Gasteiger partial charge in [-0.25, -0.2) is 4.39 Å². The number of carbonyl (C=O) groups is 1. The third-order valence-electron chi connectivity index (χ3n) is 2.72. The summed E-state index contributed by atoms with van der Waals surface area (Å²) in [6.45, 7) is 0.246. The zero-order valence-electron chi connectivity index (χ0n) is 10.7. The first-order chi connectivity index (χ1) is 9.95. The van der Waals surface area contributed by atoms with Crippen LogP contribution >= 0.6 is 15.9 Å². The topological polar surface area (TPSA) is 72.2 Å². The Morgan fingerprint density at radius 2 is 1.90 bits per heavy atom. The van der Waals surface area contributed by atoms with Gasteiger partial charge in [0.15, 0.2) is 0 Å². The normalized spacial score (nSPS) is 10.2. The average molecular weight is 353 g/mol. The number of nitrogens with zero attached hydrogens (tertiary/aromatic N) is 1. The van der Waals surface area contributed by atoms with Crippen LogP contribution in [0.15, 0.2) is 46.9 Å². The number of hydrogen-bond donors (Lipinski definition) is 1. The summed E-state index contributed by atoms with van der Waals surface area (Å²) in [6, 6.07) is 10.1. The van der Waals surface area contributed by atoms with Crippen molar-refractivity contribution >= 4 is 27.5 Å². The van der Waals surface area contributed by atoms with Gasteiger partial charge in [-0.05, 0) is 23.8 Å². The highest BCUT2D eigenvalue weighted by Crippen LogP contribution is 2.16. The van der Waals surface area contributed by atoms with Crippen LogP contribution in [0.25, 0.3) is 0 Å². The second-order valence-electron chi connectivity index (χ2n) is 4.26. The monoisotopic (exact) mass is 352 g/mol. The molecule has 0 aliphatic rings. The first kappa shape index (κ1) is 15.1. The van der Waals surface area contributed by atoms with E-state index >= 15 is 0 Å². The molecule has 7 heteroatoms. The fraction of sp³-hybridized carbons (Fsp3) is 0.0714. The van der Waals surface area contributed by atoms with Gasteiger partial charge in [0.05, 0.1) is 11.0 Å². The molecule has 5 nitrogen and oxygen atoms in total. The van der Waals surface area contributed by atoms with Gasteiger partial charge in [0.25, 0.3) is 11.6 Å². The van der Waals surface area contributed by atoms with E-state index in [-0.39, 0.29) is 12.1 Å². The number of halogens is 2. The van der Waals surface area contributed by atoms with Crippen molar-refractivity contribution in [2.75, 3.05) is 0 Å². The summed E-state index contributed by atoms with van der Waals surface area (Å²) in [5, 5.41) is 13.2. The molecule has 21 heavy (non-hydrogen) atoms. The summed E-state index contributed by atoms with van der Waals surface area (Å²) in [4.78, 5) is 21.8. The standard InChI is InChI=1S/C14H10BrFN2O3/c15-11-3-1-9(2-4-11)8-17-14(19)10-5-12(16)7-13(6-10)18(20)21/h1-7H,8H2,(H,17,19). The van der Waals surface area contributed by atoms with Crippen LogP contribution in [0.2, 0.25) is 0 Å². The number of benzene rings is 2. The zero-order chi connectivity index (χ0) is 15.4. The van der Waals surface area contributed by atoms with Crippen molar-refractivity contribution in [1.29, 1.82) is 0 Å². The van der Waals surface area contributed by atoms with E-state index in [4.69, 9.17) is 0 Å². The quantitative estimate of drug-likeness (QED) is 0.676. The van der Waals surface area contributed by atoms with Crippen LogP contribution < -0.4 is 5.32 Å². The lowest BCUT2D eigenvalue weighted by atomic mass is 10.1. The molecule has 108 valence electrons. The molecule has 0 aromatic heterocycles. The van der Waals surface area contributed by atoms with Crippen molar-refractivity contribution < 1.29 is 14.1 Å². The summed E-state index contributed by atoms with van der Waals surface area (Å²) in [5.74, 6) is -1.39. The first-order valence-electron chi connectivity index (χ1n) is 5.93. The maximum absolute atomic E-state index is 13.3. The van der Waals surface area contributed by atoms with E-state index in [0.717, 1.165) is 28.2 Å². The number of nitrogens with one attached hydrogen (secondary N) is 1. The molecule has 0 radical (unpaired) electrons.